The number of ether oxygens (including phenoxy) is 3. The molecule has 6 nitrogen and oxygen atoms in total. The highest BCUT2D eigenvalue weighted by molar-refractivity contribution is 5.77. The van der Waals surface area contributed by atoms with Crippen molar-refractivity contribution in [2.24, 2.45) is 0 Å². The van der Waals surface area contributed by atoms with Crippen molar-refractivity contribution in [3.63, 3.8) is 0 Å². The van der Waals surface area contributed by atoms with Gasteiger partial charge in [-0.25, -0.2) is 0 Å². The van der Waals surface area contributed by atoms with Crippen LogP contribution in [0.5, 0.6) is 11.5 Å². The molecule has 1 amide bonds. The predicted octanol–water partition coefficient (Wildman–Crippen LogP) is 0.863. The number of benzene rings is 1. The van der Waals surface area contributed by atoms with Crippen LogP contribution < -0.4 is 9.47 Å². The number of rotatable bonds is 6. The molecular formula is C16H24N2O4. The highest BCUT2D eigenvalue weighted by Gasteiger charge is 2.21. The molecule has 6 heteroatoms. The molecule has 1 aliphatic heterocycles. The number of methoxy groups -OCH3 is 1. The Bertz CT molecular complexity index is 495. The van der Waals surface area contributed by atoms with Crippen LogP contribution in [0.3, 0.4) is 0 Å². The van der Waals surface area contributed by atoms with Gasteiger partial charge in [-0.3, -0.25) is 4.79 Å². The number of morpholine rings is 1. The largest absolute Gasteiger partial charge is 0.493 e. The molecule has 2 rings (SSSR count). The van der Waals surface area contributed by atoms with Gasteiger partial charge >= 0.3 is 0 Å². The number of carbonyl (C=O) groups is 1. The minimum Gasteiger partial charge on any atom is -0.493 e. The normalized spacial score (nSPS) is 18.8. The van der Waals surface area contributed by atoms with Crippen molar-refractivity contribution in [1.82, 2.24) is 9.80 Å². The molecule has 0 saturated carbocycles. The topological polar surface area (TPSA) is 51.2 Å². The van der Waals surface area contributed by atoms with Crippen molar-refractivity contribution >= 4 is 5.91 Å². The van der Waals surface area contributed by atoms with E-state index >= 15 is 0 Å². The number of likely N-dealkylation sites (N-methyl/N-ethyl adjacent to an activating group) is 2. The molecular weight excluding hydrogens is 284 g/mol. The monoisotopic (exact) mass is 308 g/mol. The molecule has 0 radical (unpaired) electrons. The number of carbonyl (C=O) groups excluding carboxylic acids is 1. The summed E-state index contributed by atoms with van der Waals surface area (Å²) in [4.78, 5) is 16.0. The fourth-order valence-electron chi connectivity index (χ4n) is 2.37. The van der Waals surface area contributed by atoms with Gasteiger partial charge in [0.05, 0.1) is 19.8 Å². The van der Waals surface area contributed by atoms with E-state index in [9.17, 15) is 4.79 Å². The van der Waals surface area contributed by atoms with Crippen LogP contribution in [0, 0.1) is 0 Å². The van der Waals surface area contributed by atoms with Crippen LogP contribution in [0.1, 0.15) is 0 Å². The van der Waals surface area contributed by atoms with E-state index in [1.54, 1.807) is 31.2 Å². The number of hydrogen-bond donors (Lipinski definition) is 0. The second kappa shape index (κ2) is 8.00. The Morgan fingerprint density at radius 2 is 2.14 bits per heavy atom. The molecule has 1 aromatic rings. The first-order valence-corrected chi connectivity index (χ1v) is 7.40. The minimum atomic E-state index is -0.0808. The zero-order chi connectivity index (χ0) is 15.9. The van der Waals surface area contributed by atoms with E-state index in [0.29, 0.717) is 24.7 Å². The summed E-state index contributed by atoms with van der Waals surface area (Å²) in [6.07, 6.45) is 0.0546. The van der Waals surface area contributed by atoms with E-state index < -0.39 is 0 Å². The summed E-state index contributed by atoms with van der Waals surface area (Å²) in [6, 6.07) is 7.29. The molecule has 0 bridgehead atoms. The van der Waals surface area contributed by atoms with Crippen LogP contribution in [-0.4, -0.2) is 75.9 Å². The maximum absolute atomic E-state index is 12.2. The summed E-state index contributed by atoms with van der Waals surface area (Å²) < 4.78 is 16.4. The van der Waals surface area contributed by atoms with Gasteiger partial charge in [0.25, 0.3) is 5.91 Å². The van der Waals surface area contributed by atoms with E-state index in [2.05, 4.69) is 11.9 Å². The van der Waals surface area contributed by atoms with Gasteiger partial charge < -0.3 is 24.0 Å². The van der Waals surface area contributed by atoms with Crippen molar-refractivity contribution in [2.75, 3.05) is 54.1 Å². The van der Waals surface area contributed by atoms with E-state index in [1.807, 2.05) is 12.1 Å². The summed E-state index contributed by atoms with van der Waals surface area (Å²) in [6.45, 7) is 3.04. The quantitative estimate of drug-likeness (QED) is 0.780. The molecule has 0 spiro atoms. The molecule has 22 heavy (non-hydrogen) atoms. The van der Waals surface area contributed by atoms with Crippen molar-refractivity contribution in [3.05, 3.63) is 24.3 Å². The molecule has 0 N–H and O–H groups in total. The Balaban J connectivity index is 1.81. The molecule has 1 fully saturated rings. The lowest BCUT2D eigenvalue weighted by molar-refractivity contribution is -0.135. The maximum atomic E-state index is 12.2. The van der Waals surface area contributed by atoms with Crippen LogP contribution in [-0.2, 0) is 9.53 Å². The maximum Gasteiger partial charge on any atom is 0.260 e. The highest BCUT2D eigenvalue weighted by atomic mass is 16.5. The summed E-state index contributed by atoms with van der Waals surface area (Å²) in [5.74, 6) is 1.11. The van der Waals surface area contributed by atoms with Crippen LogP contribution in [0.25, 0.3) is 0 Å². The lowest BCUT2D eigenvalue weighted by atomic mass is 10.2. The third-order valence-electron chi connectivity index (χ3n) is 3.67. The van der Waals surface area contributed by atoms with Crippen LogP contribution in [0.2, 0.25) is 0 Å². The van der Waals surface area contributed by atoms with Crippen LogP contribution in [0.4, 0.5) is 0 Å². The first-order chi connectivity index (χ1) is 10.6. The Labute approximate surface area is 131 Å². The van der Waals surface area contributed by atoms with Gasteiger partial charge in [0.15, 0.2) is 18.1 Å². The van der Waals surface area contributed by atoms with Gasteiger partial charge in [0.1, 0.15) is 0 Å². The molecule has 122 valence electrons. The van der Waals surface area contributed by atoms with Gasteiger partial charge in [0.2, 0.25) is 0 Å². The van der Waals surface area contributed by atoms with Gasteiger partial charge in [-0.05, 0) is 19.2 Å². The third-order valence-corrected chi connectivity index (χ3v) is 3.67. The Kier molecular flexibility index (Phi) is 6.03. The second-order valence-electron chi connectivity index (χ2n) is 5.47. The smallest absolute Gasteiger partial charge is 0.260 e. The Morgan fingerprint density at radius 3 is 2.82 bits per heavy atom. The fourth-order valence-corrected chi connectivity index (χ4v) is 2.37. The standard InChI is InChI=1S/C16H24N2O4/c1-17-8-9-21-13(10-17)11-18(2)16(19)12-22-15-7-5-4-6-14(15)20-3/h4-7,13H,8-12H2,1-3H3. The average Bonchev–Trinajstić information content (AvgIpc) is 2.52. The highest BCUT2D eigenvalue weighted by Crippen LogP contribution is 2.25. The second-order valence-corrected chi connectivity index (χ2v) is 5.47. The number of hydrogen-bond acceptors (Lipinski definition) is 5. The molecule has 1 heterocycles. The van der Waals surface area contributed by atoms with Crippen molar-refractivity contribution in [3.8, 4) is 11.5 Å². The molecule has 0 aliphatic carbocycles. The summed E-state index contributed by atoms with van der Waals surface area (Å²) in [7, 11) is 5.40. The van der Waals surface area contributed by atoms with Gasteiger partial charge in [-0.2, -0.15) is 0 Å². The fraction of sp³-hybridized carbons (Fsp3) is 0.562. The molecule has 1 saturated heterocycles. The van der Waals surface area contributed by atoms with Gasteiger partial charge in [0, 0.05) is 26.7 Å². The number of amides is 1. The Hall–Kier alpha value is -1.79. The molecule has 1 atom stereocenters. The minimum absolute atomic E-state index is 0.0145. The lowest BCUT2D eigenvalue weighted by Gasteiger charge is -2.32. The van der Waals surface area contributed by atoms with E-state index in [1.165, 1.54) is 0 Å². The summed E-state index contributed by atoms with van der Waals surface area (Å²) in [5.41, 5.74) is 0. The number of para-hydroxylation sites is 2. The molecule has 1 aromatic carbocycles. The first-order valence-electron chi connectivity index (χ1n) is 7.40. The average molecular weight is 308 g/mol. The Morgan fingerprint density at radius 1 is 1.41 bits per heavy atom. The number of nitrogens with zero attached hydrogens (tertiary/aromatic N) is 2. The zero-order valence-corrected chi connectivity index (χ0v) is 13.4. The predicted molar refractivity (Wildman–Crippen MR) is 83.4 cm³/mol. The van der Waals surface area contributed by atoms with E-state index in [0.717, 1.165) is 13.1 Å². The van der Waals surface area contributed by atoms with Crippen molar-refractivity contribution in [2.45, 2.75) is 6.10 Å². The van der Waals surface area contributed by atoms with Gasteiger partial charge in [-0.15, -0.1) is 0 Å². The molecule has 1 aliphatic rings. The zero-order valence-electron chi connectivity index (χ0n) is 13.4. The molecule has 1 unspecified atom stereocenters. The van der Waals surface area contributed by atoms with Crippen molar-refractivity contribution in [1.29, 1.82) is 0 Å². The molecule has 0 aromatic heterocycles. The lowest BCUT2D eigenvalue weighted by Crippen LogP contribution is -2.47. The van der Waals surface area contributed by atoms with Gasteiger partial charge in [-0.1, -0.05) is 12.1 Å². The first kappa shape index (κ1) is 16.6. The summed E-state index contributed by atoms with van der Waals surface area (Å²) >= 11 is 0. The van der Waals surface area contributed by atoms with Crippen LogP contribution >= 0.6 is 0 Å². The third kappa shape index (κ3) is 4.61. The van der Waals surface area contributed by atoms with E-state index in [4.69, 9.17) is 14.2 Å². The summed E-state index contributed by atoms with van der Waals surface area (Å²) in [5, 5.41) is 0. The van der Waals surface area contributed by atoms with E-state index in [-0.39, 0.29) is 18.6 Å². The van der Waals surface area contributed by atoms with Crippen LogP contribution in [0.15, 0.2) is 24.3 Å². The van der Waals surface area contributed by atoms with Crippen molar-refractivity contribution < 1.29 is 19.0 Å². The SMILES string of the molecule is COc1ccccc1OCC(=O)N(C)CC1CN(C)CCO1.